The van der Waals surface area contributed by atoms with Crippen LogP contribution in [0.3, 0.4) is 0 Å². The largest absolute Gasteiger partial charge is 0.332 e. The van der Waals surface area contributed by atoms with Gasteiger partial charge >= 0.3 is 0 Å². The maximum atomic E-state index is 12.4. The van der Waals surface area contributed by atoms with Gasteiger partial charge in [-0.2, -0.15) is 0 Å². The molecule has 3 rings (SSSR count). The maximum Gasteiger partial charge on any atom is 0.240 e. The molecule has 2 unspecified atom stereocenters. The van der Waals surface area contributed by atoms with E-state index < -0.39 is 0 Å². The number of hydrogen-bond acceptors (Lipinski definition) is 4. The van der Waals surface area contributed by atoms with Crippen molar-refractivity contribution in [2.75, 3.05) is 6.54 Å². The van der Waals surface area contributed by atoms with Gasteiger partial charge in [-0.05, 0) is 25.7 Å². The molecule has 2 atom stereocenters. The first-order valence-corrected chi connectivity index (χ1v) is 7.63. The predicted molar refractivity (Wildman–Crippen MR) is 71.4 cm³/mol. The molecule has 1 amide bonds. The van der Waals surface area contributed by atoms with Crippen LogP contribution in [0.1, 0.15) is 43.7 Å². The Morgan fingerprint density at radius 2 is 2.39 bits per heavy atom. The molecule has 1 saturated heterocycles. The summed E-state index contributed by atoms with van der Waals surface area (Å²) in [6.45, 7) is 2.99. The molecule has 1 aliphatic heterocycles. The van der Waals surface area contributed by atoms with Crippen molar-refractivity contribution in [1.29, 1.82) is 0 Å². The average molecular weight is 265 g/mol. The summed E-state index contributed by atoms with van der Waals surface area (Å²) in [5.41, 5.74) is 0. The van der Waals surface area contributed by atoms with E-state index in [0.717, 1.165) is 24.4 Å². The van der Waals surface area contributed by atoms with Gasteiger partial charge in [0.2, 0.25) is 5.91 Å². The summed E-state index contributed by atoms with van der Waals surface area (Å²) in [5, 5.41) is 6.50. The Labute approximate surface area is 111 Å². The molecule has 1 aromatic heterocycles. The summed E-state index contributed by atoms with van der Waals surface area (Å²) < 4.78 is 0. The van der Waals surface area contributed by atoms with Crippen LogP contribution in [0.5, 0.6) is 0 Å². The second-order valence-electron chi connectivity index (χ2n) is 5.11. The standard InChI is InChI=1S/C13H19N3OS/c1-2-11(12-14-6-8-18-12)16-7-5-10(13(16)17)15-9-3-4-9/h6,8-11,15H,2-5,7H2,1H3. The first kappa shape index (κ1) is 12.1. The van der Waals surface area contributed by atoms with Gasteiger partial charge in [-0.1, -0.05) is 6.92 Å². The van der Waals surface area contributed by atoms with Crippen LogP contribution in [-0.2, 0) is 4.79 Å². The molecule has 18 heavy (non-hydrogen) atoms. The van der Waals surface area contributed by atoms with Crippen LogP contribution in [0.25, 0.3) is 0 Å². The van der Waals surface area contributed by atoms with Gasteiger partial charge in [0.1, 0.15) is 5.01 Å². The summed E-state index contributed by atoms with van der Waals surface area (Å²) in [6.07, 6.45) is 6.16. The molecule has 98 valence electrons. The molecule has 0 spiro atoms. The zero-order valence-corrected chi connectivity index (χ0v) is 11.4. The number of thiazole rings is 1. The number of carbonyl (C=O) groups is 1. The molecule has 1 aromatic rings. The summed E-state index contributed by atoms with van der Waals surface area (Å²) in [4.78, 5) is 18.8. The number of amides is 1. The van der Waals surface area contributed by atoms with Crippen molar-refractivity contribution < 1.29 is 4.79 Å². The molecule has 1 aliphatic carbocycles. The lowest BCUT2D eigenvalue weighted by molar-refractivity contribution is -0.131. The number of rotatable bonds is 5. The van der Waals surface area contributed by atoms with Crippen LogP contribution in [0, 0.1) is 0 Å². The van der Waals surface area contributed by atoms with E-state index >= 15 is 0 Å². The second-order valence-corrected chi connectivity index (χ2v) is 6.03. The molecule has 1 N–H and O–H groups in total. The van der Waals surface area contributed by atoms with Crippen molar-refractivity contribution in [2.24, 2.45) is 0 Å². The number of aromatic nitrogens is 1. The lowest BCUT2D eigenvalue weighted by Gasteiger charge is -2.25. The molecule has 2 fully saturated rings. The second kappa shape index (κ2) is 4.97. The van der Waals surface area contributed by atoms with Crippen LogP contribution in [0.2, 0.25) is 0 Å². The Hall–Kier alpha value is -0.940. The van der Waals surface area contributed by atoms with Crippen molar-refractivity contribution in [3.8, 4) is 0 Å². The molecule has 2 aliphatic rings. The fraction of sp³-hybridized carbons (Fsp3) is 0.692. The van der Waals surface area contributed by atoms with Gasteiger partial charge in [0.25, 0.3) is 0 Å². The number of carbonyl (C=O) groups excluding carboxylic acids is 1. The summed E-state index contributed by atoms with van der Waals surface area (Å²) in [5.74, 6) is 0.268. The Morgan fingerprint density at radius 1 is 1.56 bits per heavy atom. The highest BCUT2D eigenvalue weighted by molar-refractivity contribution is 7.09. The third-order valence-electron chi connectivity index (χ3n) is 3.75. The monoisotopic (exact) mass is 265 g/mol. The zero-order valence-electron chi connectivity index (χ0n) is 10.6. The van der Waals surface area contributed by atoms with E-state index in [1.807, 2.05) is 16.5 Å². The highest BCUT2D eigenvalue weighted by Gasteiger charge is 2.38. The minimum Gasteiger partial charge on any atom is -0.332 e. The first-order valence-electron chi connectivity index (χ1n) is 6.75. The Bertz CT molecular complexity index is 416. The summed E-state index contributed by atoms with van der Waals surface area (Å²) >= 11 is 1.65. The highest BCUT2D eigenvalue weighted by Crippen LogP contribution is 2.31. The van der Waals surface area contributed by atoms with Crippen molar-refractivity contribution in [1.82, 2.24) is 15.2 Å². The topological polar surface area (TPSA) is 45.2 Å². The Balaban J connectivity index is 1.69. The predicted octanol–water partition coefficient (Wildman–Crippen LogP) is 1.95. The summed E-state index contributed by atoms with van der Waals surface area (Å²) in [6, 6.07) is 0.814. The van der Waals surface area contributed by atoms with Gasteiger partial charge < -0.3 is 10.2 Å². The van der Waals surface area contributed by atoms with Gasteiger partial charge in [0.05, 0.1) is 12.1 Å². The smallest absolute Gasteiger partial charge is 0.240 e. The highest BCUT2D eigenvalue weighted by atomic mass is 32.1. The van der Waals surface area contributed by atoms with E-state index in [2.05, 4.69) is 17.2 Å². The van der Waals surface area contributed by atoms with Crippen molar-refractivity contribution in [3.63, 3.8) is 0 Å². The van der Waals surface area contributed by atoms with Gasteiger partial charge in [0.15, 0.2) is 0 Å². The average Bonchev–Trinajstić information content (AvgIpc) is 2.89. The van der Waals surface area contributed by atoms with Crippen molar-refractivity contribution in [2.45, 2.75) is 50.7 Å². The number of hydrogen-bond donors (Lipinski definition) is 1. The molecule has 1 saturated carbocycles. The third kappa shape index (κ3) is 2.29. The Kier molecular flexibility index (Phi) is 3.35. The number of nitrogens with one attached hydrogen (secondary N) is 1. The summed E-state index contributed by atoms with van der Waals surface area (Å²) in [7, 11) is 0. The zero-order chi connectivity index (χ0) is 12.5. The lowest BCUT2D eigenvalue weighted by atomic mass is 10.2. The third-order valence-corrected chi connectivity index (χ3v) is 4.63. The lowest BCUT2D eigenvalue weighted by Crippen LogP contribution is -2.40. The van der Waals surface area contributed by atoms with Crippen LogP contribution in [0.4, 0.5) is 0 Å². The number of nitrogens with zero attached hydrogens (tertiary/aromatic N) is 2. The van der Waals surface area contributed by atoms with Crippen LogP contribution >= 0.6 is 11.3 Å². The molecule has 4 nitrogen and oxygen atoms in total. The quantitative estimate of drug-likeness (QED) is 0.885. The van der Waals surface area contributed by atoms with Crippen molar-refractivity contribution >= 4 is 17.2 Å². The Morgan fingerprint density at radius 3 is 3.00 bits per heavy atom. The van der Waals surface area contributed by atoms with Gasteiger partial charge in [-0.15, -0.1) is 11.3 Å². The van der Waals surface area contributed by atoms with E-state index in [9.17, 15) is 4.79 Å². The fourth-order valence-electron chi connectivity index (χ4n) is 2.63. The van der Waals surface area contributed by atoms with Gasteiger partial charge in [-0.25, -0.2) is 4.98 Å². The van der Waals surface area contributed by atoms with Crippen LogP contribution in [0.15, 0.2) is 11.6 Å². The van der Waals surface area contributed by atoms with Gasteiger partial charge in [-0.3, -0.25) is 4.79 Å². The van der Waals surface area contributed by atoms with Crippen LogP contribution in [-0.4, -0.2) is 34.4 Å². The fourth-order valence-corrected chi connectivity index (χ4v) is 3.46. The van der Waals surface area contributed by atoms with E-state index in [0.29, 0.717) is 6.04 Å². The molecule has 0 radical (unpaired) electrons. The molecule has 0 aromatic carbocycles. The molecule has 5 heteroatoms. The van der Waals surface area contributed by atoms with E-state index in [4.69, 9.17) is 0 Å². The van der Waals surface area contributed by atoms with Crippen LogP contribution < -0.4 is 5.32 Å². The normalized spacial score (nSPS) is 25.7. The number of likely N-dealkylation sites (tertiary alicyclic amines) is 1. The van der Waals surface area contributed by atoms with E-state index in [-0.39, 0.29) is 18.0 Å². The minimum absolute atomic E-state index is 0.0477. The maximum absolute atomic E-state index is 12.4. The van der Waals surface area contributed by atoms with Crippen molar-refractivity contribution in [3.05, 3.63) is 16.6 Å². The molecular weight excluding hydrogens is 246 g/mol. The molecule has 2 heterocycles. The minimum atomic E-state index is 0.0477. The van der Waals surface area contributed by atoms with Gasteiger partial charge in [0, 0.05) is 24.2 Å². The first-order chi connectivity index (χ1) is 8.79. The molecular formula is C13H19N3OS. The SMILES string of the molecule is CCC(c1nccs1)N1CCC(NC2CC2)C1=O. The van der Waals surface area contributed by atoms with E-state index in [1.54, 1.807) is 11.3 Å². The molecule has 0 bridgehead atoms. The van der Waals surface area contributed by atoms with E-state index in [1.165, 1.54) is 12.8 Å².